The van der Waals surface area contributed by atoms with Crippen molar-refractivity contribution in [1.29, 1.82) is 5.26 Å². The molecule has 2 aromatic carbocycles. The van der Waals surface area contributed by atoms with Crippen molar-refractivity contribution in [2.75, 3.05) is 6.61 Å². The van der Waals surface area contributed by atoms with Gasteiger partial charge in [0.2, 0.25) is 5.88 Å². The van der Waals surface area contributed by atoms with E-state index >= 15 is 0 Å². The van der Waals surface area contributed by atoms with E-state index in [-0.39, 0.29) is 40.5 Å². The molecule has 8 heteroatoms. The second-order valence-electron chi connectivity index (χ2n) is 6.75. The highest BCUT2D eigenvalue weighted by Gasteiger charge is 2.39. The quantitative estimate of drug-likeness (QED) is 0.692. The van der Waals surface area contributed by atoms with Crippen LogP contribution < -0.4 is 5.73 Å². The number of nitrogens with zero attached hydrogens (tertiary/aromatic N) is 1. The highest BCUT2D eigenvalue weighted by molar-refractivity contribution is 5.93. The number of nitriles is 1. The van der Waals surface area contributed by atoms with Crippen molar-refractivity contribution in [2.45, 2.75) is 25.9 Å². The predicted octanol–water partition coefficient (Wildman–Crippen LogP) is 5.02. The molecule has 0 aliphatic carbocycles. The lowest BCUT2D eigenvalue weighted by atomic mass is 9.79. The van der Waals surface area contributed by atoms with Gasteiger partial charge in [-0.05, 0) is 36.6 Å². The summed E-state index contributed by atoms with van der Waals surface area (Å²) < 4.78 is 51.6. The van der Waals surface area contributed by atoms with Gasteiger partial charge in [-0.25, -0.2) is 4.79 Å². The maximum Gasteiger partial charge on any atom is 0.417 e. The lowest BCUT2D eigenvalue weighted by molar-refractivity contribution is -0.139. The molecule has 2 aromatic rings. The second kappa shape index (κ2) is 8.56. The number of rotatable bonds is 4. The third-order valence-electron chi connectivity index (χ3n) is 4.90. The van der Waals surface area contributed by atoms with Crippen LogP contribution in [-0.4, -0.2) is 12.6 Å². The molecule has 0 bridgehead atoms. The van der Waals surface area contributed by atoms with Crippen molar-refractivity contribution in [2.24, 2.45) is 5.73 Å². The number of benzene rings is 2. The third-order valence-corrected chi connectivity index (χ3v) is 4.90. The molecule has 2 N–H and O–H groups in total. The molecule has 1 aliphatic rings. The Labute approximate surface area is 177 Å². The Hall–Kier alpha value is -3.73. The van der Waals surface area contributed by atoms with E-state index < -0.39 is 23.6 Å². The van der Waals surface area contributed by atoms with Crippen molar-refractivity contribution in [3.8, 4) is 17.2 Å². The minimum absolute atomic E-state index is 0.0181. The van der Waals surface area contributed by atoms with Crippen LogP contribution in [0.5, 0.6) is 0 Å². The second-order valence-corrected chi connectivity index (χ2v) is 6.75. The van der Waals surface area contributed by atoms with E-state index in [4.69, 9.17) is 15.2 Å². The maximum absolute atomic E-state index is 13.7. The fraction of sp³-hybridized carbons (Fsp3) is 0.217. The number of alkyl halides is 3. The van der Waals surface area contributed by atoms with Crippen LogP contribution in [0.2, 0.25) is 0 Å². The summed E-state index contributed by atoms with van der Waals surface area (Å²) in [5.74, 6) is -1.87. The van der Waals surface area contributed by atoms with Crippen LogP contribution in [0.15, 0.2) is 71.3 Å². The summed E-state index contributed by atoms with van der Waals surface area (Å²) in [6.45, 7) is 3.18. The van der Waals surface area contributed by atoms with Gasteiger partial charge in [-0.2, -0.15) is 18.4 Å². The Kier molecular flexibility index (Phi) is 6.07. The number of hydrogen-bond acceptors (Lipinski definition) is 5. The largest absolute Gasteiger partial charge is 0.463 e. The molecule has 0 saturated heterocycles. The first-order valence-electron chi connectivity index (χ1n) is 9.41. The van der Waals surface area contributed by atoms with Gasteiger partial charge in [-0.3, -0.25) is 0 Å². The van der Waals surface area contributed by atoms with Crippen LogP contribution in [0, 0.1) is 11.3 Å². The van der Waals surface area contributed by atoms with Crippen LogP contribution >= 0.6 is 0 Å². The smallest absolute Gasteiger partial charge is 0.417 e. The number of ether oxygens (including phenoxy) is 2. The topological polar surface area (TPSA) is 85.3 Å². The Bertz CT molecular complexity index is 1130. The van der Waals surface area contributed by atoms with Crippen molar-refractivity contribution < 1.29 is 27.4 Å². The molecule has 0 radical (unpaired) electrons. The minimum Gasteiger partial charge on any atom is -0.463 e. The third kappa shape index (κ3) is 4.12. The molecule has 0 spiro atoms. The van der Waals surface area contributed by atoms with Gasteiger partial charge in [-0.15, -0.1) is 0 Å². The molecular weight excluding hydrogens is 409 g/mol. The maximum atomic E-state index is 13.7. The first-order chi connectivity index (χ1) is 14.7. The molecular formula is C23H19F3N2O3. The van der Waals surface area contributed by atoms with E-state index in [1.165, 1.54) is 31.2 Å². The first-order valence-corrected chi connectivity index (χ1v) is 9.41. The lowest BCUT2D eigenvalue weighted by Crippen LogP contribution is -2.26. The molecule has 1 unspecified atom stereocenters. The number of carbonyl (C=O) groups excluding carboxylic acids is 1. The van der Waals surface area contributed by atoms with Gasteiger partial charge in [0.05, 0.1) is 23.7 Å². The molecule has 1 atom stereocenters. The summed E-state index contributed by atoms with van der Waals surface area (Å²) in [4.78, 5) is 12.7. The Morgan fingerprint density at radius 1 is 1.16 bits per heavy atom. The van der Waals surface area contributed by atoms with Gasteiger partial charge < -0.3 is 15.2 Å². The fourth-order valence-electron chi connectivity index (χ4n) is 3.63. The summed E-state index contributed by atoms with van der Waals surface area (Å²) in [6, 6.07) is 13.4. The lowest BCUT2D eigenvalue weighted by Gasteiger charge is -2.28. The van der Waals surface area contributed by atoms with E-state index in [2.05, 4.69) is 0 Å². The molecule has 3 rings (SSSR count). The summed E-state index contributed by atoms with van der Waals surface area (Å²) >= 11 is 0. The van der Waals surface area contributed by atoms with E-state index in [9.17, 15) is 23.2 Å². The zero-order valence-corrected chi connectivity index (χ0v) is 16.8. The van der Waals surface area contributed by atoms with E-state index in [0.717, 1.165) is 6.07 Å². The summed E-state index contributed by atoms with van der Waals surface area (Å²) in [7, 11) is 0. The average Bonchev–Trinajstić information content (AvgIpc) is 2.72. The van der Waals surface area contributed by atoms with E-state index in [1.807, 2.05) is 6.07 Å². The number of allylic oxidation sites excluding steroid dienone is 2. The van der Waals surface area contributed by atoms with Gasteiger partial charge in [0.15, 0.2) is 0 Å². The molecule has 0 saturated carbocycles. The Morgan fingerprint density at radius 3 is 2.39 bits per heavy atom. The summed E-state index contributed by atoms with van der Waals surface area (Å²) in [5.41, 5.74) is 5.46. The standard InChI is InChI=1S/C23H19F3N2O3/c1-3-30-22(29)19-13(2)31-21(28)17(12-27)20(19)16-10-5-4-8-14(16)15-9-6-7-11-18(15)23(24,25)26/h4-11,20H,3,28H2,1-2H3. The van der Waals surface area contributed by atoms with Crippen molar-refractivity contribution in [3.63, 3.8) is 0 Å². The molecule has 1 aliphatic heterocycles. The molecule has 0 amide bonds. The number of nitrogens with two attached hydrogens (primary N) is 1. The van der Waals surface area contributed by atoms with Crippen LogP contribution in [0.1, 0.15) is 30.9 Å². The average molecular weight is 428 g/mol. The van der Waals surface area contributed by atoms with Crippen molar-refractivity contribution in [3.05, 3.63) is 82.4 Å². The molecule has 160 valence electrons. The SMILES string of the molecule is CCOC(=O)C1=C(C)OC(N)=C(C#N)C1c1ccccc1-c1ccccc1C(F)(F)F. The summed E-state index contributed by atoms with van der Waals surface area (Å²) in [6.07, 6.45) is -4.60. The Balaban J connectivity index is 2.31. The predicted molar refractivity (Wildman–Crippen MR) is 107 cm³/mol. The zero-order chi connectivity index (χ0) is 22.8. The number of carbonyl (C=O) groups is 1. The van der Waals surface area contributed by atoms with Crippen molar-refractivity contribution >= 4 is 5.97 Å². The van der Waals surface area contributed by atoms with Crippen LogP contribution in [0.4, 0.5) is 13.2 Å². The molecule has 0 fully saturated rings. The molecule has 31 heavy (non-hydrogen) atoms. The highest BCUT2D eigenvalue weighted by atomic mass is 19.4. The van der Waals surface area contributed by atoms with Gasteiger partial charge in [0.25, 0.3) is 0 Å². The normalized spacial score (nSPS) is 16.6. The van der Waals surface area contributed by atoms with Crippen molar-refractivity contribution in [1.82, 2.24) is 0 Å². The molecule has 0 aromatic heterocycles. The van der Waals surface area contributed by atoms with Gasteiger partial charge in [0, 0.05) is 0 Å². The van der Waals surface area contributed by atoms with E-state index in [0.29, 0.717) is 5.56 Å². The monoisotopic (exact) mass is 428 g/mol. The van der Waals surface area contributed by atoms with Gasteiger partial charge >= 0.3 is 12.1 Å². The van der Waals surface area contributed by atoms with Gasteiger partial charge in [0.1, 0.15) is 17.4 Å². The van der Waals surface area contributed by atoms with Crippen LogP contribution in [-0.2, 0) is 20.4 Å². The van der Waals surface area contributed by atoms with E-state index in [1.54, 1.807) is 25.1 Å². The summed E-state index contributed by atoms with van der Waals surface area (Å²) in [5, 5.41) is 9.73. The zero-order valence-electron chi connectivity index (χ0n) is 16.8. The highest BCUT2D eigenvalue weighted by Crippen LogP contribution is 2.45. The molecule has 1 heterocycles. The number of esters is 1. The minimum atomic E-state index is -4.60. The van der Waals surface area contributed by atoms with Crippen LogP contribution in [0.3, 0.4) is 0 Å². The Morgan fingerprint density at radius 2 is 1.77 bits per heavy atom. The fourth-order valence-corrected chi connectivity index (χ4v) is 3.63. The van der Waals surface area contributed by atoms with Gasteiger partial charge in [-0.1, -0.05) is 42.5 Å². The van der Waals surface area contributed by atoms with Crippen LogP contribution in [0.25, 0.3) is 11.1 Å². The number of hydrogen-bond donors (Lipinski definition) is 1. The molecule has 5 nitrogen and oxygen atoms in total. The first kappa shape index (κ1) is 22.0. The number of halogens is 3.